The van der Waals surface area contributed by atoms with Gasteiger partial charge >= 0.3 is 6.18 Å². The van der Waals surface area contributed by atoms with Gasteiger partial charge < -0.3 is 4.90 Å². The van der Waals surface area contributed by atoms with Gasteiger partial charge in [-0.25, -0.2) is 0 Å². The minimum absolute atomic E-state index is 0.0481. The molecule has 1 fully saturated rings. The Kier molecular flexibility index (Phi) is 6.98. The van der Waals surface area contributed by atoms with Crippen LogP contribution in [0.3, 0.4) is 0 Å². The average Bonchev–Trinajstić information content (AvgIpc) is 2.98. The van der Waals surface area contributed by atoms with Crippen molar-refractivity contribution in [3.05, 3.63) is 65.0 Å². The molecule has 7 nitrogen and oxygen atoms in total. The van der Waals surface area contributed by atoms with Gasteiger partial charge in [0.1, 0.15) is 5.54 Å². The summed E-state index contributed by atoms with van der Waals surface area (Å²) in [6, 6.07) is 8.28. The first kappa shape index (κ1) is 25.8. The highest BCUT2D eigenvalue weighted by Gasteiger charge is 2.49. The molecular weight excluding hydrogens is 477 g/mol. The molecular formula is C24H23F3N6OS. The third kappa shape index (κ3) is 4.74. The number of anilines is 1. The van der Waals surface area contributed by atoms with Crippen LogP contribution in [0.1, 0.15) is 43.2 Å². The summed E-state index contributed by atoms with van der Waals surface area (Å²) in [5, 5.41) is 14.6. The van der Waals surface area contributed by atoms with Crippen molar-refractivity contribution >= 4 is 41.3 Å². The van der Waals surface area contributed by atoms with Gasteiger partial charge in [0.15, 0.2) is 5.11 Å². The molecule has 182 valence electrons. The zero-order valence-electron chi connectivity index (χ0n) is 19.6. The second-order valence-corrected chi connectivity index (χ2v) is 8.66. The fourth-order valence-electron chi connectivity index (χ4n) is 3.76. The van der Waals surface area contributed by atoms with E-state index in [1.807, 2.05) is 19.1 Å². The molecule has 11 heteroatoms. The van der Waals surface area contributed by atoms with Gasteiger partial charge in [0.05, 0.1) is 34.3 Å². The predicted octanol–water partition coefficient (Wildman–Crippen LogP) is 4.79. The number of nitrogens with zero attached hydrogens (tertiary/aromatic N) is 6. The van der Waals surface area contributed by atoms with Gasteiger partial charge in [-0.2, -0.15) is 23.5 Å². The Balaban J connectivity index is 1.93. The third-order valence-electron chi connectivity index (χ3n) is 5.77. The Bertz CT molecular complexity index is 1250. The average molecular weight is 501 g/mol. The number of halogens is 3. The number of alkyl halides is 3. The van der Waals surface area contributed by atoms with Crippen molar-refractivity contribution in [2.24, 2.45) is 5.10 Å². The van der Waals surface area contributed by atoms with E-state index in [9.17, 15) is 18.0 Å². The smallest absolute Gasteiger partial charge is 0.330 e. The minimum Gasteiger partial charge on any atom is -0.330 e. The van der Waals surface area contributed by atoms with E-state index in [0.717, 1.165) is 28.3 Å². The number of carbonyl (C=O) groups is 1. The molecule has 0 radical (unpaired) electrons. The largest absolute Gasteiger partial charge is 0.417 e. The highest BCUT2D eigenvalue weighted by Crippen LogP contribution is 2.38. The van der Waals surface area contributed by atoms with E-state index < -0.39 is 28.7 Å². The lowest BCUT2D eigenvalue weighted by molar-refractivity contribution is -0.137. The highest BCUT2D eigenvalue weighted by atomic mass is 32.1. The molecule has 1 aromatic heterocycles. The number of benzene rings is 1. The van der Waals surface area contributed by atoms with Crippen LogP contribution in [-0.4, -0.2) is 45.2 Å². The summed E-state index contributed by atoms with van der Waals surface area (Å²) in [4.78, 5) is 20.4. The van der Waals surface area contributed by atoms with Crippen molar-refractivity contribution < 1.29 is 18.0 Å². The van der Waals surface area contributed by atoms with Crippen molar-refractivity contribution in [3.63, 3.8) is 0 Å². The van der Waals surface area contributed by atoms with E-state index in [0.29, 0.717) is 5.69 Å². The lowest BCUT2D eigenvalue weighted by Crippen LogP contribution is -2.43. The minimum atomic E-state index is -4.75. The number of carbonyl (C=O) groups excluding carboxylic acids is 1. The molecule has 2 aromatic rings. The summed E-state index contributed by atoms with van der Waals surface area (Å²) in [6.45, 7) is 8.88. The van der Waals surface area contributed by atoms with Crippen molar-refractivity contribution in [2.45, 2.75) is 39.0 Å². The van der Waals surface area contributed by atoms with Gasteiger partial charge in [0.25, 0.3) is 5.91 Å². The molecule has 0 saturated carbocycles. The van der Waals surface area contributed by atoms with Crippen LogP contribution in [-0.2, 0) is 17.5 Å². The van der Waals surface area contributed by atoms with E-state index in [2.05, 4.69) is 16.8 Å². The van der Waals surface area contributed by atoms with Crippen LogP contribution in [0.15, 0.2) is 47.7 Å². The van der Waals surface area contributed by atoms with Crippen molar-refractivity contribution in [2.75, 3.05) is 11.9 Å². The first-order valence-electron chi connectivity index (χ1n) is 10.5. The Labute approximate surface area is 206 Å². The van der Waals surface area contributed by atoms with Gasteiger partial charge in [-0.15, -0.1) is 0 Å². The summed E-state index contributed by atoms with van der Waals surface area (Å²) in [6.07, 6.45) is -1.27. The zero-order chi connectivity index (χ0) is 26.1. The Morgan fingerprint density at radius 1 is 1.34 bits per heavy atom. The van der Waals surface area contributed by atoms with Crippen LogP contribution in [0.25, 0.3) is 5.70 Å². The molecule has 0 aliphatic carbocycles. The van der Waals surface area contributed by atoms with E-state index in [1.165, 1.54) is 12.1 Å². The van der Waals surface area contributed by atoms with Gasteiger partial charge in [-0.05, 0) is 62.8 Å². The van der Waals surface area contributed by atoms with E-state index in [1.54, 1.807) is 43.1 Å². The van der Waals surface area contributed by atoms with Crippen LogP contribution >= 0.6 is 12.2 Å². The molecule has 0 spiro atoms. The standard InChI is InChI=1S/C24H23F3N6OS/c1-6-20(31(5)29-4)19-10-7-15(13-30-19)14-32-22(35)33(21(34)23(32,2)3)17-9-8-16(12-28)18(11-17)24(25,26)27/h6-11,13H,4,14H2,1-3,5H3. The van der Waals surface area contributed by atoms with Crippen LogP contribution in [0.4, 0.5) is 18.9 Å². The Morgan fingerprint density at radius 3 is 2.54 bits per heavy atom. The maximum absolute atomic E-state index is 13.5. The molecule has 1 aliphatic rings. The third-order valence-corrected chi connectivity index (χ3v) is 6.18. The summed E-state index contributed by atoms with van der Waals surface area (Å²) >= 11 is 5.53. The monoisotopic (exact) mass is 500 g/mol. The van der Waals surface area contributed by atoms with Gasteiger partial charge in [-0.3, -0.25) is 19.7 Å². The van der Waals surface area contributed by atoms with E-state index in [4.69, 9.17) is 17.5 Å². The summed E-state index contributed by atoms with van der Waals surface area (Å²) < 4.78 is 40.4. The van der Waals surface area contributed by atoms with Crippen molar-refractivity contribution in [3.8, 4) is 6.07 Å². The first-order chi connectivity index (χ1) is 16.4. The Morgan fingerprint density at radius 2 is 2.03 bits per heavy atom. The number of nitriles is 1. The second-order valence-electron chi connectivity index (χ2n) is 8.30. The summed E-state index contributed by atoms with van der Waals surface area (Å²) in [5.41, 5.74) is -0.645. The molecule has 3 rings (SSSR count). The number of allylic oxidation sites excluding steroid dienone is 1. The molecule has 2 heterocycles. The number of hydrazone groups is 1. The number of hydrogen-bond donors (Lipinski definition) is 0. The molecule has 35 heavy (non-hydrogen) atoms. The number of amides is 1. The first-order valence-corrected chi connectivity index (χ1v) is 10.9. The number of thiocarbonyl (C=S) groups is 1. The summed E-state index contributed by atoms with van der Waals surface area (Å²) in [7, 11) is 1.75. The Hall–Kier alpha value is -3.78. The molecule has 0 N–H and O–H groups in total. The van der Waals surface area contributed by atoms with Gasteiger partial charge in [0.2, 0.25) is 0 Å². The van der Waals surface area contributed by atoms with Crippen LogP contribution < -0.4 is 4.90 Å². The lowest BCUT2D eigenvalue weighted by atomic mass is 10.0. The molecule has 1 saturated heterocycles. The molecule has 0 bridgehead atoms. The van der Waals surface area contributed by atoms with E-state index >= 15 is 0 Å². The predicted molar refractivity (Wildman–Crippen MR) is 131 cm³/mol. The normalized spacial score (nSPS) is 15.9. The number of pyridine rings is 1. The molecule has 0 unspecified atom stereocenters. The fraction of sp³-hybridized carbons (Fsp3) is 0.292. The number of rotatable bonds is 6. The van der Waals surface area contributed by atoms with Crippen LogP contribution in [0.2, 0.25) is 0 Å². The van der Waals surface area contributed by atoms with Crippen molar-refractivity contribution in [1.29, 1.82) is 5.26 Å². The van der Waals surface area contributed by atoms with Crippen molar-refractivity contribution in [1.82, 2.24) is 14.9 Å². The maximum Gasteiger partial charge on any atom is 0.417 e. The van der Waals surface area contributed by atoms with Crippen LogP contribution in [0, 0.1) is 11.3 Å². The topological polar surface area (TPSA) is 75.8 Å². The second kappa shape index (κ2) is 9.46. The number of hydrogen-bond acceptors (Lipinski definition) is 6. The van der Waals surface area contributed by atoms with Gasteiger partial charge in [0, 0.05) is 26.5 Å². The SMILES string of the molecule is C=NN(C)C(=CC)c1ccc(CN2C(=S)N(c3ccc(C#N)c(C(F)(F)F)c3)C(=O)C2(C)C)cn1. The molecule has 1 amide bonds. The quantitative estimate of drug-likeness (QED) is 0.323. The zero-order valence-corrected chi connectivity index (χ0v) is 20.4. The van der Waals surface area contributed by atoms with Gasteiger partial charge in [-0.1, -0.05) is 12.1 Å². The molecule has 1 aromatic carbocycles. The van der Waals surface area contributed by atoms with Crippen LogP contribution in [0.5, 0.6) is 0 Å². The summed E-state index contributed by atoms with van der Waals surface area (Å²) in [5.74, 6) is -0.472. The molecule has 1 aliphatic heterocycles. The molecule has 0 atom stereocenters. The fourth-order valence-corrected chi connectivity index (χ4v) is 4.24. The lowest BCUT2D eigenvalue weighted by Gasteiger charge is -2.29. The number of aromatic nitrogens is 1. The van der Waals surface area contributed by atoms with E-state index in [-0.39, 0.29) is 17.3 Å². The maximum atomic E-state index is 13.5. The highest BCUT2D eigenvalue weighted by molar-refractivity contribution is 7.80.